The van der Waals surface area contributed by atoms with Gasteiger partial charge in [0.05, 0.1) is 18.8 Å². The summed E-state index contributed by atoms with van der Waals surface area (Å²) in [6.45, 7) is 4.12. The van der Waals surface area contributed by atoms with E-state index in [1.165, 1.54) is 11.9 Å². The SMILES string of the molecule is Cc1ccc2nc(COc3cccc(C(=O)N4CCn5ncnc5C4)c3)cn2c1. The largest absolute Gasteiger partial charge is 0.487 e. The Bertz CT molecular complexity index is 1190. The summed E-state index contributed by atoms with van der Waals surface area (Å²) in [5.74, 6) is 1.41. The highest BCUT2D eigenvalue weighted by atomic mass is 16.5. The zero-order valence-corrected chi connectivity index (χ0v) is 16.0. The summed E-state index contributed by atoms with van der Waals surface area (Å²) in [6, 6.07) is 11.3. The van der Waals surface area contributed by atoms with E-state index in [1.807, 2.05) is 58.7 Å². The van der Waals surface area contributed by atoms with E-state index in [4.69, 9.17) is 4.74 Å². The van der Waals surface area contributed by atoms with Crippen LogP contribution in [-0.4, -0.2) is 41.5 Å². The fourth-order valence-electron chi connectivity index (χ4n) is 3.52. The third kappa shape index (κ3) is 3.44. The van der Waals surface area contributed by atoms with Crippen molar-refractivity contribution in [2.24, 2.45) is 0 Å². The van der Waals surface area contributed by atoms with Crippen molar-refractivity contribution in [3.8, 4) is 5.75 Å². The lowest BCUT2D eigenvalue weighted by molar-refractivity contribution is 0.0702. The predicted molar refractivity (Wildman–Crippen MR) is 105 cm³/mol. The highest BCUT2D eigenvalue weighted by Gasteiger charge is 2.23. The van der Waals surface area contributed by atoms with Crippen LogP contribution in [0, 0.1) is 6.92 Å². The molecule has 0 atom stereocenters. The second kappa shape index (κ2) is 7.05. The van der Waals surface area contributed by atoms with Crippen LogP contribution in [0.25, 0.3) is 5.65 Å². The van der Waals surface area contributed by atoms with Gasteiger partial charge in [-0.3, -0.25) is 4.79 Å². The molecule has 3 aromatic heterocycles. The molecule has 0 radical (unpaired) electrons. The number of amides is 1. The molecule has 0 saturated heterocycles. The summed E-state index contributed by atoms with van der Waals surface area (Å²) in [5, 5.41) is 4.15. The van der Waals surface area contributed by atoms with Gasteiger partial charge in [0.25, 0.3) is 5.91 Å². The van der Waals surface area contributed by atoms with Gasteiger partial charge in [0, 0.05) is 24.5 Å². The smallest absolute Gasteiger partial charge is 0.254 e. The Hall–Kier alpha value is -3.68. The first-order valence-electron chi connectivity index (χ1n) is 9.49. The molecule has 29 heavy (non-hydrogen) atoms. The maximum atomic E-state index is 12.9. The number of nitrogens with zero attached hydrogens (tertiary/aromatic N) is 6. The van der Waals surface area contributed by atoms with Gasteiger partial charge in [-0.1, -0.05) is 12.1 Å². The molecule has 0 bridgehead atoms. The highest BCUT2D eigenvalue weighted by Crippen LogP contribution is 2.19. The zero-order valence-electron chi connectivity index (χ0n) is 16.0. The quantitative estimate of drug-likeness (QED) is 0.537. The Morgan fingerprint density at radius 3 is 3.03 bits per heavy atom. The van der Waals surface area contributed by atoms with E-state index in [0.717, 1.165) is 17.2 Å². The average Bonchev–Trinajstić information content (AvgIpc) is 3.37. The van der Waals surface area contributed by atoms with Crippen LogP contribution < -0.4 is 4.74 Å². The molecule has 0 unspecified atom stereocenters. The number of ether oxygens (including phenoxy) is 1. The topological polar surface area (TPSA) is 77.5 Å². The molecule has 0 aliphatic carbocycles. The number of imidazole rings is 1. The Kier molecular flexibility index (Phi) is 4.23. The van der Waals surface area contributed by atoms with E-state index in [1.54, 1.807) is 11.0 Å². The van der Waals surface area contributed by atoms with Gasteiger partial charge in [-0.05, 0) is 36.8 Å². The molecule has 5 rings (SSSR count). The molecule has 1 aliphatic rings. The van der Waals surface area contributed by atoms with Crippen molar-refractivity contribution in [1.29, 1.82) is 0 Å². The van der Waals surface area contributed by atoms with Crippen LogP contribution in [-0.2, 0) is 19.7 Å². The Morgan fingerprint density at radius 2 is 2.10 bits per heavy atom. The molecule has 8 heteroatoms. The van der Waals surface area contributed by atoms with E-state index in [-0.39, 0.29) is 5.91 Å². The number of hydrogen-bond donors (Lipinski definition) is 0. The van der Waals surface area contributed by atoms with E-state index in [9.17, 15) is 4.79 Å². The van der Waals surface area contributed by atoms with Crippen LogP contribution in [0.2, 0.25) is 0 Å². The van der Waals surface area contributed by atoms with Crippen molar-refractivity contribution in [3.05, 3.63) is 77.8 Å². The lowest BCUT2D eigenvalue weighted by Crippen LogP contribution is -2.38. The maximum absolute atomic E-state index is 12.9. The Balaban J connectivity index is 1.28. The van der Waals surface area contributed by atoms with Crippen molar-refractivity contribution in [2.75, 3.05) is 6.54 Å². The summed E-state index contributed by atoms with van der Waals surface area (Å²) in [5.41, 5.74) is 3.49. The standard InChI is InChI=1S/C21H20N6O2/c1-15-5-6-19-24-17(11-26(19)10-15)13-29-18-4-2-3-16(9-18)21(28)25-7-8-27-20(12-25)22-14-23-27/h2-6,9-11,14H,7-8,12-13H2,1H3. The van der Waals surface area contributed by atoms with Crippen LogP contribution in [0.5, 0.6) is 5.75 Å². The molecule has 1 aromatic carbocycles. The van der Waals surface area contributed by atoms with Crippen LogP contribution in [0.15, 0.2) is 55.1 Å². The van der Waals surface area contributed by atoms with Crippen LogP contribution in [0.3, 0.4) is 0 Å². The van der Waals surface area contributed by atoms with E-state index in [0.29, 0.717) is 37.6 Å². The van der Waals surface area contributed by atoms with Gasteiger partial charge in [0.1, 0.15) is 30.2 Å². The zero-order chi connectivity index (χ0) is 19.8. The van der Waals surface area contributed by atoms with Gasteiger partial charge < -0.3 is 14.0 Å². The molecule has 0 N–H and O–H groups in total. The van der Waals surface area contributed by atoms with Gasteiger partial charge >= 0.3 is 0 Å². The lowest BCUT2D eigenvalue weighted by atomic mass is 10.1. The van der Waals surface area contributed by atoms with Crippen molar-refractivity contribution >= 4 is 11.6 Å². The molecule has 1 amide bonds. The van der Waals surface area contributed by atoms with Crippen LogP contribution in [0.1, 0.15) is 27.4 Å². The maximum Gasteiger partial charge on any atom is 0.254 e. The van der Waals surface area contributed by atoms with Crippen LogP contribution in [0.4, 0.5) is 0 Å². The summed E-state index contributed by atoms with van der Waals surface area (Å²) in [6.07, 6.45) is 5.52. The molecule has 146 valence electrons. The number of carbonyl (C=O) groups is 1. The summed E-state index contributed by atoms with van der Waals surface area (Å²) in [4.78, 5) is 23.5. The second-order valence-corrected chi connectivity index (χ2v) is 7.15. The highest BCUT2D eigenvalue weighted by molar-refractivity contribution is 5.94. The third-order valence-electron chi connectivity index (χ3n) is 5.01. The van der Waals surface area contributed by atoms with Crippen molar-refractivity contribution in [2.45, 2.75) is 26.6 Å². The number of aryl methyl sites for hydroxylation is 1. The average molecular weight is 388 g/mol. The lowest BCUT2D eigenvalue weighted by Gasteiger charge is -2.26. The fraction of sp³-hybridized carbons (Fsp3) is 0.238. The monoisotopic (exact) mass is 388 g/mol. The first-order chi connectivity index (χ1) is 14.2. The minimum Gasteiger partial charge on any atom is -0.487 e. The predicted octanol–water partition coefficient (Wildman–Crippen LogP) is 2.47. The van der Waals surface area contributed by atoms with Gasteiger partial charge in [0.15, 0.2) is 0 Å². The van der Waals surface area contributed by atoms with Gasteiger partial charge in [-0.2, -0.15) is 5.10 Å². The number of pyridine rings is 1. The van der Waals surface area contributed by atoms with E-state index in [2.05, 4.69) is 15.1 Å². The molecule has 0 fully saturated rings. The first kappa shape index (κ1) is 17.4. The normalized spacial score (nSPS) is 13.5. The molecular formula is C21H20N6O2. The van der Waals surface area contributed by atoms with E-state index < -0.39 is 0 Å². The minimum absolute atomic E-state index is 0.0343. The number of aromatic nitrogens is 5. The summed E-state index contributed by atoms with van der Waals surface area (Å²) >= 11 is 0. The molecule has 4 heterocycles. The first-order valence-corrected chi connectivity index (χ1v) is 9.49. The van der Waals surface area contributed by atoms with Crippen molar-refractivity contribution < 1.29 is 9.53 Å². The van der Waals surface area contributed by atoms with Crippen molar-refractivity contribution in [1.82, 2.24) is 29.0 Å². The minimum atomic E-state index is -0.0343. The number of fused-ring (bicyclic) bond motifs is 2. The van der Waals surface area contributed by atoms with Gasteiger partial charge in [0.2, 0.25) is 0 Å². The number of carbonyl (C=O) groups excluding carboxylic acids is 1. The molecule has 0 saturated carbocycles. The van der Waals surface area contributed by atoms with Crippen LogP contribution >= 0.6 is 0 Å². The molecular weight excluding hydrogens is 368 g/mol. The van der Waals surface area contributed by atoms with Crippen molar-refractivity contribution in [3.63, 3.8) is 0 Å². The number of hydrogen-bond acceptors (Lipinski definition) is 5. The second-order valence-electron chi connectivity index (χ2n) is 7.15. The molecule has 4 aromatic rings. The number of benzene rings is 1. The van der Waals surface area contributed by atoms with Gasteiger partial charge in [-0.25, -0.2) is 14.6 Å². The summed E-state index contributed by atoms with van der Waals surface area (Å²) < 4.78 is 9.72. The number of rotatable bonds is 4. The molecule has 0 spiro atoms. The van der Waals surface area contributed by atoms with E-state index >= 15 is 0 Å². The molecule has 8 nitrogen and oxygen atoms in total. The van der Waals surface area contributed by atoms with Gasteiger partial charge in [-0.15, -0.1) is 0 Å². The summed E-state index contributed by atoms with van der Waals surface area (Å²) in [7, 11) is 0. The Morgan fingerprint density at radius 1 is 1.17 bits per heavy atom. The third-order valence-corrected chi connectivity index (χ3v) is 5.01. The fourth-order valence-corrected chi connectivity index (χ4v) is 3.52. The molecule has 1 aliphatic heterocycles. The Labute approximate surface area is 167 Å².